The van der Waals surface area contributed by atoms with Crippen molar-refractivity contribution in [1.82, 2.24) is 0 Å². The maximum atomic E-state index is 2.50. The van der Waals surface area contributed by atoms with Crippen molar-refractivity contribution in [3.63, 3.8) is 0 Å². The number of aryl methyl sites for hydroxylation is 4. The zero-order chi connectivity index (χ0) is 29.1. The first-order valence-electron chi connectivity index (χ1n) is 14.7. The Bertz CT molecular complexity index is 1610. The van der Waals surface area contributed by atoms with Crippen LogP contribution in [0.3, 0.4) is 0 Å². The van der Waals surface area contributed by atoms with Gasteiger partial charge in [-0.3, -0.25) is 0 Å². The minimum Gasteiger partial charge on any atom is -0.310 e. The molecule has 208 valence electrons. The molecule has 1 aliphatic rings. The van der Waals surface area contributed by atoms with Gasteiger partial charge in [-0.25, -0.2) is 0 Å². The zero-order valence-electron chi connectivity index (χ0n) is 24.9. The highest BCUT2D eigenvalue weighted by atomic mass is 15.4. The maximum absolute atomic E-state index is 2.50. The minimum atomic E-state index is -0.686. The molecule has 0 spiro atoms. The molecule has 0 bridgehead atoms. The summed E-state index contributed by atoms with van der Waals surface area (Å²) in [6.45, 7) is 8.77. The summed E-state index contributed by atoms with van der Waals surface area (Å²) in [6, 6.07) is 45.9. The molecule has 0 saturated carbocycles. The quantitative estimate of drug-likeness (QED) is 0.148. The largest absolute Gasteiger partial charge is 0.310 e. The van der Waals surface area contributed by atoms with Crippen molar-refractivity contribution in [1.29, 1.82) is 0 Å². The smallest absolute Gasteiger partial charge is 0.160 e. The van der Waals surface area contributed by atoms with Gasteiger partial charge in [0.25, 0.3) is 0 Å². The van der Waals surface area contributed by atoms with Gasteiger partial charge in [0.15, 0.2) is 5.66 Å². The number of nitrogens with zero attached hydrogens (tertiary/aromatic N) is 2. The summed E-state index contributed by atoms with van der Waals surface area (Å²) >= 11 is 0. The third kappa shape index (κ3) is 5.17. The van der Waals surface area contributed by atoms with E-state index in [0.29, 0.717) is 0 Å². The van der Waals surface area contributed by atoms with Crippen LogP contribution in [0.1, 0.15) is 33.7 Å². The predicted octanol–water partition coefficient (Wildman–Crippen LogP) is 10.5. The average molecular weight is 547 g/mol. The third-order valence-corrected chi connectivity index (χ3v) is 8.21. The highest BCUT2D eigenvalue weighted by molar-refractivity contribution is 5.80. The Kier molecular flexibility index (Phi) is 7.54. The molecule has 5 aromatic rings. The van der Waals surface area contributed by atoms with Crippen molar-refractivity contribution >= 4 is 22.7 Å². The normalized spacial score (nSPS) is 14.1. The molecule has 1 aliphatic carbocycles. The molecule has 6 rings (SSSR count). The summed E-state index contributed by atoms with van der Waals surface area (Å²) in [6.07, 6.45) is 9.55. The first kappa shape index (κ1) is 27.4. The van der Waals surface area contributed by atoms with E-state index in [1.54, 1.807) is 0 Å². The van der Waals surface area contributed by atoms with Crippen LogP contribution < -0.4 is 9.80 Å². The molecule has 2 heteroatoms. The van der Waals surface area contributed by atoms with Crippen LogP contribution in [0, 0.1) is 27.7 Å². The van der Waals surface area contributed by atoms with Gasteiger partial charge >= 0.3 is 0 Å². The van der Waals surface area contributed by atoms with Crippen molar-refractivity contribution < 1.29 is 0 Å². The summed E-state index contributed by atoms with van der Waals surface area (Å²) < 4.78 is 0. The van der Waals surface area contributed by atoms with Gasteiger partial charge in [0.05, 0.1) is 0 Å². The molecule has 0 aromatic heterocycles. The molecular formula is C40H38N2. The van der Waals surface area contributed by atoms with E-state index < -0.39 is 5.66 Å². The van der Waals surface area contributed by atoms with Crippen LogP contribution in [0.5, 0.6) is 0 Å². The Hall–Kier alpha value is -4.82. The van der Waals surface area contributed by atoms with Gasteiger partial charge in [-0.2, -0.15) is 0 Å². The van der Waals surface area contributed by atoms with Crippen LogP contribution in [0.2, 0.25) is 0 Å². The van der Waals surface area contributed by atoms with Gasteiger partial charge in [0, 0.05) is 28.7 Å². The molecule has 42 heavy (non-hydrogen) atoms. The van der Waals surface area contributed by atoms with Crippen LogP contribution in [0.4, 0.5) is 22.7 Å². The van der Waals surface area contributed by atoms with Crippen LogP contribution >= 0.6 is 0 Å². The number of anilines is 4. The number of hydrogen-bond donors (Lipinski definition) is 0. The fourth-order valence-corrected chi connectivity index (χ4v) is 6.25. The van der Waals surface area contributed by atoms with E-state index in [2.05, 4.69) is 189 Å². The lowest BCUT2D eigenvalue weighted by Gasteiger charge is -2.51. The molecule has 2 nitrogen and oxygen atoms in total. The molecule has 0 fully saturated rings. The van der Waals surface area contributed by atoms with E-state index >= 15 is 0 Å². The Morgan fingerprint density at radius 2 is 0.881 bits per heavy atom. The second-order valence-corrected chi connectivity index (χ2v) is 11.4. The molecule has 0 N–H and O–H groups in total. The van der Waals surface area contributed by atoms with E-state index in [1.165, 1.54) is 39.2 Å². The van der Waals surface area contributed by atoms with Gasteiger partial charge in [-0.05, 0) is 92.9 Å². The van der Waals surface area contributed by atoms with Gasteiger partial charge in [-0.1, -0.05) is 114 Å². The highest BCUT2D eigenvalue weighted by Gasteiger charge is 2.43. The van der Waals surface area contributed by atoms with E-state index in [0.717, 1.165) is 11.4 Å². The number of rotatable bonds is 7. The Morgan fingerprint density at radius 3 is 1.29 bits per heavy atom. The molecule has 0 atom stereocenters. The molecule has 0 saturated heterocycles. The Morgan fingerprint density at radius 1 is 0.476 bits per heavy atom. The number of para-hydroxylation sites is 2. The number of benzene rings is 5. The van der Waals surface area contributed by atoms with E-state index in [-0.39, 0.29) is 5.92 Å². The zero-order valence-corrected chi connectivity index (χ0v) is 24.9. The second-order valence-electron chi connectivity index (χ2n) is 11.4. The molecule has 0 heterocycles. The molecule has 0 unspecified atom stereocenters. The molecule has 0 aliphatic heterocycles. The number of hydrogen-bond acceptors (Lipinski definition) is 2. The summed E-state index contributed by atoms with van der Waals surface area (Å²) in [5.74, 6) is 0.188. The Balaban J connectivity index is 1.67. The first-order valence-corrected chi connectivity index (χ1v) is 14.7. The van der Waals surface area contributed by atoms with E-state index in [9.17, 15) is 0 Å². The molecule has 5 aromatic carbocycles. The maximum Gasteiger partial charge on any atom is 0.160 e. The van der Waals surface area contributed by atoms with Gasteiger partial charge in [0.1, 0.15) is 0 Å². The Labute approximate surface area is 250 Å². The predicted molar refractivity (Wildman–Crippen MR) is 179 cm³/mol. The molecular weight excluding hydrogens is 508 g/mol. The second kappa shape index (κ2) is 11.6. The van der Waals surface area contributed by atoms with Crippen LogP contribution in [0.25, 0.3) is 0 Å². The van der Waals surface area contributed by atoms with Crippen molar-refractivity contribution in [2.24, 2.45) is 0 Å². The standard InChI is InChI=1S/C40H38N2/c1-30-20-22-38(32(3)28-30)41(36-16-10-6-11-17-36)40(26-24-35(25-27-40)34-14-8-5-9-15-34)42(37-18-12-7-13-19-37)39-23-21-31(2)29-33(39)4/h5-29,35H,1-4H3. The van der Waals surface area contributed by atoms with E-state index in [1.807, 2.05) is 0 Å². The van der Waals surface area contributed by atoms with Crippen molar-refractivity contribution in [3.8, 4) is 0 Å². The lowest BCUT2D eigenvalue weighted by Crippen LogP contribution is -2.56. The van der Waals surface area contributed by atoms with Crippen molar-refractivity contribution in [2.45, 2.75) is 39.3 Å². The number of allylic oxidation sites excluding steroid dienone is 2. The minimum absolute atomic E-state index is 0.188. The topological polar surface area (TPSA) is 6.48 Å². The molecule has 0 radical (unpaired) electrons. The average Bonchev–Trinajstić information content (AvgIpc) is 3.01. The lowest BCUT2D eigenvalue weighted by molar-refractivity contribution is 0.623. The van der Waals surface area contributed by atoms with Crippen molar-refractivity contribution in [2.75, 3.05) is 9.80 Å². The SMILES string of the molecule is Cc1ccc(N(c2ccccc2)C2(N(c3ccccc3)c3ccc(C)cc3C)C=CC(c3ccccc3)C=C2)c(C)c1. The fraction of sp³-hybridized carbons (Fsp3) is 0.150. The molecule has 0 amide bonds. The summed E-state index contributed by atoms with van der Waals surface area (Å²) in [4.78, 5) is 5.00. The van der Waals surface area contributed by atoms with Crippen molar-refractivity contribution in [3.05, 3.63) is 180 Å². The summed E-state index contributed by atoms with van der Waals surface area (Å²) in [5.41, 5.74) is 10.2. The fourth-order valence-electron chi connectivity index (χ4n) is 6.25. The monoisotopic (exact) mass is 546 g/mol. The van der Waals surface area contributed by atoms with Crippen LogP contribution in [-0.4, -0.2) is 5.66 Å². The summed E-state index contributed by atoms with van der Waals surface area (Å²) in [7, 11) is 0. The van der Waals surface area contributed by atoms with Gasteiger partial charge in [-0.15, -0.1) is 0 Å². The van der Waals surface area contributed by atoms with Gasteiger partial charge in [0.2, 0.25) is 0 Å². The van der Waals surface area contributed by atoms with Crippen LogP contribution in [-0.2, 0) is 0 Å². The summed E-state index contributed by atoms with van der Waals surface area (Å²) in [5, 5.41) is 0. The van der Waals surface area contributed by atoms with Gasteiger partial charge < -0.3 is 9.80 Å². The van der Waals surface area contributed by atoms with Crippen LogP contribution in [0.15, 0.2) is 152 Å². The first-order chi connectivity index (χ1) is 20.5. The lowest BCUT2D eigenvalue weighted by atomic mass is 9.87. The van der Waals surface area contributed by atoms with E-state index in [4.69, 9.17) is 0 Å². The third-order valence-electron chi connectivity index (χ3n) is 8.21. The highest BCUT2D eigenvalue weighted by Crippen LogP contribution is 2.47.